The summed E-state index contributed by atoms with van der Waals surface area (Å²) >= 11 is 0. The van der Waals surface area contributed by atoms with Gasteiger partial charge in [-0.15, -0.1) is 0 Å². The Balaban J connectivity index is 2.26. The van der Waals surface area contributed by atoms with Crippen LogP contribution in [0.2, 0.25) is 0 Å². The van der Waals surface area contributed by atoms with E-state index in [1.807, 2.05) is 25.1 Å². The Hall–Kier alpha value is -1.46. The summed E-state index contributed by atoms with van der Waals surface area (Å²) in [6.07, 6.45) is 2.36. The zero-order valence-corrected chi connectivity index (χ0v) is 11.3. The standard InChI is InChI=1S/C14H21N3O2/c1-2-14(13(15)18,12-5-3-4-6-16-12)11-17-7-9-19-10-8-17/h3-6H,2,7-11H2,1H3,(H2,15,18). The minimum atomic E-state index is -0.710. The van der Waals surface area contributed by atoms with Gasteiger partial charge >= 0.3 is 0 Å². The number of hydrogen-bond acceptors (Lipinski definition) is 4. The number of ether oxygens (including phenoxy) is 1. The molecule has 0 bridgehead atoms. The third-order valence-corrected chi connectivity index (χ3v) is 3.83. The second kappa shape index (κ2) is 6.12. The predicted molar refractivity (Wildman–Crippen MR) is 72.7 cm³/mol. The third kappa shape index (κ3) is 2.93. The van der Waals surface area contributed by atoms with E-state index in [9.17, 15) is 4.79 Å². The van der Waals surface area contributed by atoms with Crippen molar-refractivity contribution in [1.29, 1.82) is 0 Å². The van der Waals surface area contributed by atoms with Gasteiger partial charge in [-0.05, 0) is 18.6 Å². The number of pyridine rings is 1. The van der Waals surface area contributed by atoms with Gasteiger partial charge in [0.15, 0.2) is 0 Å². The van der Waals surface area contributed by atoms with Crippen molar-refractivity contribution in [1.82, 2.24) is 9.88 Å². The topological polar surface area (TPSA) is 68.5 Å². The van der Waals surface area contributed by atoms with E-state index >= 15 is 0 Å². The molecule has 0 spiro atoms. The van der Waals surface area contributed by atoms with E-state index in [0.717, 1.165) is 18.8 Å². The predicted octanol–water partition coefficient (Wildman–Crippen LogP) is 0.547. The molecule has 1 aliphatic heterocycles. The van der Waals surface area contributed by atoms with Gasteiger partial charge in [0, 0.05) is 25.8 Å². The van der Waals surface area contributed by atoms with Crippen LogP contribution in [-0.4, -0.2) is 48.6 Å². The normalized spacial score (nSPS) is 19.8. The monoisotopic (exact) mass is 263 g/mol. The highest BCUT2D eigenvalue weighted by atomic mass is 16.5. The van der Waals surface area contributed by atoms with Gasteiger partial charge < -0.3 is 10.5 Å². The first-order valence-corrected chi connectivity index (χ1v) is 6.70. The number of carbonyl (C=O) groups excluding carboxylic acids is 1. The van der Waals surface area contributed by atoms with Crippen LogP contribution in [0.1, 0.15) is 19.0 Å². The van der Waals surface area contributed by atoms with Crippen LogP contribution < -0.4 is 5.73 Å². The molecule has 1 saturated heterocycles. The maximum atomic E-state index is 12.1. The molecule has 1 unspecified atom stereocenters. The molecule has 0 radical (unpaired) electrons. The lowest BCUT2D eigenvalue weighted by atomic mass is 9.79. The maximum Gasteiger partial charge on any atom is 0.230 e. The highest BCUT2D eigenvalue weighted by Crippen LogP contribution is 2.27. The highest BCUT2D eigenvalue weighted by molar-refractivity contribution is 5.86. The first-order chi connectivity index (χ1) is 9.19. The molecule has 0 aromatic carbocycles. The number of nitrogens with two attached hydrogens (primary N) is 1. The van der Waals surface area contributed by atoms with Gasteiger partial charge in [0.1, 0.15) is 5.41 Å². The fourth-order valence-electron chi connectivity index (χ4n) is 2.54. The lowest BCUT2D eigenvalue weighted by Crippen LogP contribution is -2.52. The van der Waals surface area contributed by atoms with E-state index in [4.69, 9.17) is 10.5 Å². The fraction of sp³-hybridized carbons (Fsp3) is 0.571. The average molecular weight is 263 g/mol. The molecule has 19 heavy (non-hydrogen) atoms. The lowest BCUT2D eigenvalue weighted by molar-refractivity contribution is -0.125. The van der Waals surface area contributed by atoms with Crippen molar-refractivity contribution in [2.45, 2.75) is 18.8 Å². The Morgan fingerprint density at radius 3 is 2.74 bits per heavy atom. The number of hydrogen-bond donors (Lipinski definition) is 1. The Morgan fingerprint density at radius 1 is 1.47 bits per heavy atom. The van der Waals surface area contributed by atoms with Crippen LogP contribution in [0.4, 0.5) is 0 Å². The summed E-state index contributed by atoms with van der Waals surface area (Å²) in [7, 11) is 0. The molecule has 2 heterocycles. The quantitative estimate of drug-likeness (QED) is 0.842. The minimum Gasteiger partial charge on any atom is -0.379 e. The van der Waals surface area contributed by atoms with Gasteiger partial charge in [-0.3, -0.25) is 14.7 Å². The molecule has 1 aliphatic rings. The van der Waals surface area contributed by atoms with Crippen LogP contribution in [-0.2, 0) is 14.9 Å². The van der Waals surface area contributed by atoms with Gasteiger partial charge in [0.25, 0.3) is 0 Å². The molecule has 2 N–H and O–H groups in total. The summed E-state index contributed by atoms with van der Waals surface area (Å²) in [6, 6.07) is 5.63. The van der Waals surface area contributed by atoms with E-state index < -0.39 is 5.41 Å². The Kier molecular flexibility index (Phi) is 4.50. The number of rotatable bonds is 5. The number of amides is 1. The first-order valence-electron chi connectivity index (χ1n) is 6.70. The van der Waals surface area contributed by atoms with Crippen molar-refractivity contribution in [2.24, 2.45) is 5.73 Å². The summed E-state index contributed by atoms with van der Waals surface area (Å²) in [5, 5.41) is 0. The molecule has 1 atom stereocenters. The van der Waals surface area contributed by atoms with Crippen molar-refractivity contribution < 1.29 is 9.53 Å². The lowest BCUT2D eigenvalue weighted by Gasteiger charge is -2.36. The number of morpholine rings is 1. The summed E-state index contributed by atoms with van der Waals surface area (Å²) in [6.45, 7) is 5.68. The number of carbonyl (C=O) groups is 1. The molecular weight excluding hydrogens is 242 g/mol. The zero-order chi connectivity index (χ0) is 13.7. The molecule has 2 rings (SSSR count). The van der Waals surface area contributed by atoms with Gasteiger partial charge in [-0.25, -0.2) is 0 Å². The average Bonchev–Trinajstić information content (AvgIpc) is 2.46. The molecule has 1 aromatic rings. The van der Waals surface area contributed by atoms with E-state index in [-0.39, 0.29) is 5.91 Å². The second-order valence-corrected chi connectivity index (χ2v) is 4.90. The molecule has 0 aliphatic carbocycles. The fourth-order valence-corrected chi connectivity index (χ4v) is 2.54. The van der Waals surface area contributed by atoms with Crippen LogP contribution in [0, 0.1) is 0 Å². The number of primary amides is 1. The van der Waals surface area contributed by atoms with Crippen molar-refractivity contribution in [3.05, 3.63) is 30.1 Å². The van der Waals surface area contributed by atoms with Gasteiger partial charge in [-0.2, -0.15) is 0 Å². The zero-order valence-electron chi connectivity index (χ0n) is 11.3. The first kappa shape index (κ1) is 14.0. The molecule has 5 nitrogen and oxygen atoms in total. The molecule has 1 amide bonds. The van der Waals surface area contributed by atoms with Crippen molar-refractivity contribution in [3.63, 3.8) is 0 Å². The molecule has 1 fully saturated rings. The van der Waals surface area contributed by atoms with E-state index in [1.54, 1.807) is 6.20 Å². The summed E-state index contributed by atoms with van der Waals surface area (Å²) in [5.74, 6) is -0.305. The summed E-state index contributed by atoms with van der Waals surface area (Å²) in [4.78, 5) is 18.6. The third-order valence-electron chi connectivity index (χ3n) is 3.83. The van der Waals surface area contributed by atoms with Gasteiger partial charge in [0.05, 0.1) is 18.9 Å². The van der Waals surface area contributed by atoms with Crippen LogP contribution in [0.5, 0.6) is 0 Å². The smallest absolute Gasteiger partial charge is 0.230 e. The van der Waals surface area contributed by atoms with Crippen LogP contribution in [0.3, 0.4) is 0 Å². The van der Waals surface area contributed by atoms with E-state index in [2.05, 4.69) is 9.88 Å². The van der Waals surface area contributed by atoms with Crippen LogP contribution in [0.25, 0.3) is 0 Å². The van der Waals surface area contributed by atoms with Gasteiger partial charge in [-0.1, -0.05) is 13.0 Å². The van der Waals surface area contributed by atoms with E-state index in [0.29, 0.717) is 26.2 Å². The summed E-state index contributed by atoms with van der Waals surface area (Å²) in [5.41, 5.74) is 5.75. The van der Waals surface area contributed by atoms with E-state index in [1.165, 1.54) is 0 Å². The Bertz CT molecular complexity index is 418. The molecular formula is C14H21N3O2. The van der Waals surface area contributed by atoms with Crippen LogP contribution >= 0.6 is 0 Å². The maximum absolute atomic E-state index is 12.1. The largest absolute Gasteiger partial charge is 0.379 e. The Labute approximate surface area is 113 Å². The summed E-state index contributed by atoms with van der Waals surface area (Å²) < 4.78 is 5.34. The van der Waals surface area contributed by atoms with Crippen molar-refractivity contribution in [3.8, 4) is 0 Å². The SMILES string of the molecule is CCC(CN1CCOCC1)(C(N)=O)c1ccccn1. The molecule has 5 heteroatoms. The Morgan fingerprint density at radius 2 is 2.21 bits per heavy atom. The molecule has 104 valence electrons. The van der Waals surface area contributed by atoms with Crippen molar-refractivity contribution >= 4 is 5.91 Å². The van der Waals surface area contributed by atoms with Gasteiger partial charge in [0.2, 0.25) is 5.91 Å². The number of aromatic nitrogens is 1. The minimum absolute atomic E-state index is 0.305. The highest BCUT2D eigenvalue weighted by Gasteiger charge is 2.40. The van der Waals surface area contributed by atoms with Crippen LogP contribution in [0.15, 0.2) is 24.4 Å². The van der Waals surface area contributed by atoms with Crippen molar-refractivity contribution in [2.75, 3.05) is 32.8 Å². The molecule has 0 saturated carbocycles. The number of nitrogens with zero attached hydrogens (tertiary/aromatic N) is 2. The molecule has 1 aromatic heterocycles. The second-order valence-electron chi connectivity index (χ2n) is 4.90.